The van der Waals surface area contributed by atoms with E-state index in [1.807, 2.05) is 35.8 Å². The van der Waals surface area contributed by atoms with Gasteiger partial charge in [-0.05, 0) is 32.9 Å². The lowest BCUT2D eigenvalue weighted by Gasteiger charge is -2.26. The Bertz CT molecular complexity index is 675. The van der Waals surface area contributed by atoms with E-state index in [0.29, 0.717) is 11.5 Å². The Kier molecular flexibility index (Phi) is 5.00. The summed E-state index contributed by atoms with van der Waals surface area (Å²) in [5.74, 6) is 0.702. The summed E-state index contributed by atoms with van der Waals surface area (Å²) in [5, 5.41) is 20.8. The van der Waals surface area contributed by atoms with Crippen molar-refractivity contribution in [2.24, 2.45) is 0 Å². The van der Waals surface area contributed by atoms with Crippen LogP contribution in [0.1, 0.15) is 20.8 Å². The van der Waals surface area contributed by atoms with E-state index in [0.717, 1.165) is 12.1 Å². The number of benzene rings is 1. The number of para-hydroxylation sites is 1. The molecule has 2 aromatic rings. The number of amides is 2. The zero-order chi connectivity index (χ0) is 17.0. The highest BCUT2D eigenvalue weighted by Gasteiger charge is 2.20. The predicted molar refractivity (Wildman–Crippen MR) is 89.1 cm³/mol. The van der Waals surface area contributed by atoms with Crippen LogP contribution in [0.4, 0.5) is 10.5 Å². The van der Waals surface area contributed by atoms with Crippen LogP contribution in [0.25, 0.3) is 11.4 Å². The summed E-state index contributed by atoms with van der Waals surface area (Å²) in [5.41, 5.74) is 0.508. The first-order chi connectivity index (χ1) is 10.8. The summed E-state index contributed by atoms with van der Waals surface area (Å²) in [6.45, 7) is 6.30. The van der Waals surface area contributed by atoms with Crippen molar-refractivity contribution in [3.63, 3.8) is 0 Å². The number of anilines is 1. The fourth-order valence-electron chi connectivity index (χ4n) is 2.34. The first kappa shape index (κ1) is 17.0. The molecular weight excluding hydrogens is 294 g/mol. The first-order valence-corrected chi connectivity index (χ1v) is 7.53. The number of aliphatic hydroxyl groups is 1. The molecule has 0 spiro atoms. The van der Waals surface area contributed by atoms with Crippen LogP contribution < -0.4 is 5.32 Å². The van der Waals surface area contributed by atoms with E-state index in [2.05, 4.69) is 15.5 Å². The van der Waals surface area contributed by atoms with Crippen molar-refractivity contribution in [2.75, 3.05) is 18.9 Å². The van der Waals surface area contributed by atoms with Crippen LogP contribution in [0, 0.1) is 0 Å². The second-order valence-electron chi connectivity index (χ2n) is 6.08. The number of nitrogens with zero attached hydrogens (tertiary/aromatic N) is 4. The van der Waals surface area contributed by atoms with E-state index >= 15 is 0 Å². The van der Waals surface area contributed by atoms with Crippen molar-refractivity contribution >= 4 is 11.7 Å². The fourth-order valence-corrected chi connectivity index (χ4v) is 2.34. The number of carbonyl (C=O) groups is 1. The van der Waals surface area contributed by atoms with E-state index in [1.165, 1.54) is 4.90 Å². The molecule has 0 unspecified atom stereocenters. The Morgan fingerprint density at radius 2 is 2.09 bits per heavy atom. The second kappa shape index (κ2) is 6.78. The van der Waals surface area contributed by atoms with Gasteiger partial charge in [0.05, 0.1) is 17.8 Å². The molecule has 2 N–H and O–H groups in total. The van der Waals surface area contributed by atoms with Gasteiger partial charge in [-0.2, -0.15) is 0 Å². The molecular formula is C16H23N5O2. The monoisotopic (exact) mass is 317 g/mol. The van der Waals surface area contributed by atoms with E-state index in [4.69, 9.17) is 0 Å². The molecule has 0 atom stereocenters. The Morgan fingerprint density at radius 3 is 2.74 bits per heavy atom. The van der Waals surface area contributed by atoms with Gasteiger partial charge in [0, 0.05) is 19.2 Å². The number of nitrogens with one attached hydrogen (secondary N) is 1. The Balaban J connectivity index is 2.23. The van der Waals surface area contributed by atoms with Crippen molar-refractivity contribution in [3.05, 3.63) is 30.6 Å². The number of aromatic nitrogens is 3. The van der Waals surface area contributed by atoms with Crippen molar-refractivity contribution in [2.45, 2.75) is 32.9 Å². The van der Waals surface area contributed by atoms with Crippen LogP contribution in [0.2, 0.25) is 0 Å². The van der Waals surface area contributed by atoms with Crippen molar-refractivity contribution in [3.8, 4) is 11.4 Å². The Labute approximate surface area is 136 Å². The molecule has 2 rings (SSSR count). The second-order valence-corrected chi connectivity index (χ2v) is 6.08. The van der Waals surface area contributed by atoms with Gasteiger partial charge >= 0.3 is 6.03 Å². The summed E-state index contributed by atoms with van der Waals surface area (Å²) in [6.07, 6.45) is 1.66. The maximum Gasteiger partial charge on any atom is 0.321 e. The number of likely N-dealkylation sites (N-methyl/N-ethyl adjacent to an activating group) is 1. The van der Waals surface area contributed by atoms with Gasteiger partial charge in [0.15, 0.2) is 5.82 Å². The normalized spacial score (nSPS) is 11.3. The molecule has 124 valence electrons. The average Bonchev–Trinajstić information content (AvgIpc) is 2.94. The van der Waals surface area contributed by atoms with Crippen molar-refractivity contribution in [1.29, 1.82) is 0 Å². The molecule has 1 aromatic heterocycles. The third-order valence-electron chi connectivity index (χ3n) is 3.34. The standard InChI is InChI=1S/C16H23N5O2/c1-5-21-11-17-19-14(21)12-8-6-7-9-13(12)18-15(22)20(4)10-16(2,3)23/h6-9,11,23H,5,10H2,1-4H3,(H,18,22). The molecule has 23 heavy (non-hydrogen) atoms. The summed E-state index contributed by atoms with van der Waals surface area (Å²) in [6, 6.07) is 7.16. The molecule has 0 fully saturated rings. The zero-order valence-corrected chi connectivity index (χ0v) is 13.9. The van der Waals surface area contributed by atoms with E-state index in [9.17, 15) is 9.90 Å². The molecule has 0 bridgehead atoms. The van der Waals surface area contributed by atoms with Gasteiger partial charge in [-0.15, -0.1) is 10.2 Å². The van der Waals surface area contributed by atoms with Crippen LogP contribution in [-0.2, 0) is 6.54 Å². The maximum absolute atomic E-state index is 12.3. The Morgan fingerprint density at radius 1 is 1.39 bits per heavy atom. The molecule has 0 saturated heterocycles. The summed E-state index contributed by atoms with van der Waals surface area (Å²) in [4.78, 5) is 13.8. The van der Waals surface area contributed by atoms with E-state index in [1.54, 1.807) is 27.2 Å². The average molecular weight is 317 g/mol. The minimum atomic E-state index is -0.950. The van der Waals surface area contributed by atoms with Crippen LogP contribution >= 0.6 is 0 Å². The smallest absolute Gasteiger partial charge is 0.321 e. The third-order valence-corrected chi connectivity index (χ3v) is 3.34. The highest BCUT2D eigenvalue weighted by molar-refractivity contribution is 5.93. The van der Waals surface area contributed by atoms with Gasteiger partial charge < -0.3 is 19.9 Å². The third kappa shape index (κ3) is 4.29. The predicted octanol–water partition coefficient (Wildman–Crippen LogP) is 2.20. The van der Waals surface area contributed by atoms with Crippen LogP contribution in [0.5, 0.6) is 0 Å². The molecule has 0 aliphatic rings. The minimum Gasteiger partial charge on any atom is -0.389 e. The largest absolute Gasteiger partial charge is 0.389 e. The quantitative estimate of drug-likeness (QED) is 0.885. The van der Waals surface area contributed by atoms with Gasteiger partial charge in [0.2, 0.25) is 0 Å². The number of aryl methyl sites for hydroxylation is 1. The van der Waals surface area contributed by atoms with Crippen molar-refractivity contribution in [1.82, 2.24) is 19.7 Å². The molecule has 0 aliphatic carbocycles. The molecule has 1 heterocycles. The highest BCUT2D eigenvalue weighted by atomic mass is 16.3. The maximum atomic E-state index is 12.3. The molecule has 0 saturated carbocycles. The lowest BCUT2D eigenvalue weighted by Crippen LogP contribution is -2.41. The van der Waals surface area contributed by atoms with Crippen LogP contribution in [0.15, 0.2) is 30.6 Å². The lowest BCUT2D eigenvalue weighted by molar-refractivity contribution is 0.0550. The number of carbonyl (C=O) groups excluding carboxylic acids is 1. The topological polar surface area (TPSA) is 83.3 Å². The summed E-state index contributed by atoms with van der Waals surface area (Å²) >= 11 is 0. The van der Waals surface area contributed by atoms with Crippen LogP contribution in [0.3, 0.4) is 0 Å². The SMILES string of the molecule is CCn1cnnc1-c1ccccc1NC(=O)N(C)CC(C)(C)O. The lowest BCUT2D eigenvalue weighted by atomic mass is 10.1. The fraction of sp³-hybridized carbons (Fsp3) is 0.438. The van der Waals surface area contributed by atoms with Gasteiger partial charge in [-0.3, -0.25) is 0 Å². The first-order valence-electron chi connectivity index (χ1n) is 7.53. The summed E-state index contributed by atoms with van der Waals surface area (Å²) in [7, 11) is 1.64. The van der Waals surface area contributed by atoms with Crippen molar-refractivity contribution < 1.29 is 9.90 Å². The summed E-state index contributed by atoms with van der Waals surface area (Å²) < 4.78 is 1.91. The van der Waals surface area contributed by atoms with Gasteiger partial charge in [0.25, 0.3) is 0 Å². The number of rotatable bonds is 5. The molecule has 1 aromatic carbocycles. The van der Waals surface area contributed by atoms with Gasteiger partial charge in [-0.25, -0.2) is 4.79 Å². The molecule has 2 amide bonds. The van der Waals surface area contributed by atoms with E-state index < -0.39 is 5.60 Å². The molecule has 7 nitrogen and oxygen atoms in total. The number of urea groups is 1. The van der Waals surface area contributed by atoms with Gasteiger partial charge in [-0.1, -0.05) is 12.1 Å². The molecule has 0 aliphatic heterocycles. The molecule has 0 radical (unpaired) electrons. The highest BCUT2D eigenvalue weighted by Crippen LogP contribution is 2.26. The zero-order valence-electron chi connectivity index (χ0n) is 13.9. The molecule has 7 heteroatoms. The minimum absolute atomic E-state index is 0.228. The number of hydrogen-bond acceptors (Lipinski definition) is 4. The van der Waals surface area contributed by atoms with Crippen LogP contribution in [-0.4, -0.2) is 50.0 Å². The number of hydrogen-bond donors (Lipinski definition) is 2. The Hall–Kier alpha value is -2.41. The van der Waals surface area contributed by atoms with E-state index in [-0.39, 0.29) is 12.6 Å². The van der Waals surface area contributed by atoms with Gasteiger partial charge in [0.1, 0.15) is 6.33 Å².